The van der Waals surface area contributed by atoms with Crippen LogP contribution in [-0.4, -0.2) is 91.9 Å². The van der Waals surface area contributed by atoms with Gasteiger partial charge in [0.05, 0.1) is 22.3 Å². The molecule has 0 amide bonds. The van der Waals surface area contributed by atoms with Crippen LogP contribution in [0.15, 0.2) is 66.7 Å². The number of anilines is 3. The Morgan fingerprint density at radius 3 is 0.949 bits per heavy atom. The van der Waals surface area contributed by atoms with Crippen LogP contribution in [-0.2, 0) is 0 Å². The third-order valence-corrected chi connectivity index (χ3v) is 9.66. The normalized spacial score (nSPS) is 11.3. The number of benzene rings is 7. The molecule has 0 unspecified atom stereocenters. The predicted molar refractivity (Wildman–Crippen MR) is 205 cm³/mol. The van der Waals surface area contributed by atoms with Crippen LogP contribution in [0.3, 0.4) is 0 Å². The van der Waals surface area contributed by atoms with E-state index >= 15 is 0 Å². The summed E-state index contributed by atoms with van der Waals surface area (Å²) in [4.78, 5) is 0.450. The Hall–Kier alpha value is -9.00. The SMILES string of the molecule is Oc1c(O)c(O)c(-c2c(O)c(O)c(N(c3ccc(-c4cccc5ccccc45)cc3)c3c(O)c(O)c(-c4c(O)c(O)c(O)c(O)c4O)c(O)c3O)c(O)c2O)c(O)c1O. The van der Waals surface area contributed by atoms with Crippen molar-refractivity contribution in [1.82, 2.24) is 0 Å². The standard InChI is InChI=1S/C40H29NO18/c42-23-17(19-27(46)35(54)39(58)36(55)28(19)47)24(43)32(51)21(31(23)50)41(14-10-8-13(9-11-14)16-7-3-5-12-4-1-2-6-15(12)16)22-33(52)25(44)18(26(45)34(22)53)20-29(48)37(56)40(59)38(57)30(20)49/h1-11,42-59H. The van der Waals surface area contributed by atoms with Gasteiger partial charge in [-0.15, -0.1) is 0 Å². The zero-order chi connectivity index (χ0) is 43.1. The molecule has 0 aliphatic rings. The second-order valence-corrected chi connectivity index (χ2v) is 12.9. The van der Waals surface area contributed by atoms with E-state index in [0.29, 0.717) is 16.0 Å². The van der Waals surface area contributed by atoms with Gasteiger partial charge in [-0.3, -0.25) is 4.90 Å². The molecule has 0 aliphatic carbocycles. The maximum Gasteiger partial charge on any atom is 0.208 e. The summed E-state index contributed by atoms with van der Waals surface area (Å²) in [5, 5.41) is 196. The van der Waals surface area contributed by atoms with E-state index in [1.165, 1.54) is 24.3 Å². The summed E-state index contributed by atoms with van der Waals surface area (Å²) in [6, 6.07) is 18.1. The van der Waals surface area contributed by atoms with Crippen LogP contribution in [0.5, 0.6) is 103 Å². The van der Waals surface area contributed by atoms with E-state index in [4.69, 9.17) is 0 Å². The molecule has 0 aromatic heterocycles. The number of aromatic hydroxyl groups is 18. The highest BCUT2D eigenvalue weighted by Crippen LogP contribution is 2.67. The second-order valence-electron chi connectivity index (χ2n) is 12.9. The fourth-order valence-corrected chi connectivity index (χ4v) is 6.75. The zero-order valence-corrected chi connectivity index (χ0v) is 29.3. The molecular weight excluding hydrogens is 782 g/mol. The third-order valence-electron chi connectivity index (χ3n) is 9.66. The molecule has 0 radical (unpaired) electrons. The van der Waals surface area contributed by atoms with Crippen molar-refractivity contribution in [2.24, 2.45) is 0 Å². The number of phenols is 18. The highest BCUT2D eigenvalue weighted by atomic mass is 16.4. The molecule has 0 spiro atoms. The van der Waals surface area contributed by atoms with Gasteiger partial charge < -0.3 is 91.9 Å². The molecule has 0 heterocycles. The first-order valence-electron chi connectivity index (χ1n) is 16.6. The van der Waals surface area contributed by atoms with E-state index in [1.54, 1.807) is 18.2 Å². The Labute approximate surface area is 327 Å². The van der Waals surface area contributed by atoms with Crippen LogP contribution in [0.2, 0.25) is 0 Å². The van der Waals surface area contributed by atoms with E-state index in [-0.39, 0.29) is 5.69 Å². The van der Waals surface area contributed by atoms with E-state index in [0.717, 1.165) is 10.8 Å². The lowest BCUT2D eigenvalue weighted by Gasteiger charge is -2.30. The molecule has 7 aromatic rings. The van der Waals surface area contributed by atoms with Crippen LogP contribution < -0.4 is 4.90 Å². The third kappa shape index (κ3) is 5.37. The summed E-state index contributed by atoms with van der Waals surface area (Å²) in [5.74, 6) is -27.2. The van der Waals surface area contributed by atoms with Gasteiger partial charge in [0.15, 0.2) is 69.0 Å². The summed E-state index contributed by atoms with van der Waals surface area (Å²) in [5.41, 5.74) is -6.55. The molecular formula is C40H29NO18. The lowest BCUT2D eigenvalue weighted by Crippen LogP contribution is -2.12. The van der Waals surface area contributed by atoms with E-state index in [9.17, 15) is 91.9 Å². The molecule has 0 saturated carbocycles. The minimum atomic E-state index is -1.56. The number of hydrogen-bond donors (Lipinski definition) is 18. The Bertz CT molecular complexity index is 2670. The van der Waals surface area contributed by atoms with Gasteiger partial charge in [-0.25, -0.2) is 0 Å². The second kappa shape index (κ2) is 13.3. The molecule has 59 heavy (non-hydrogen) atoms. The van der Waals surface area contributed by atoms with Gasteiger partial charge in [0.2, 0.25) is 34.5 Å². The molecule has 0 bridgehead atoms. The van der Waals surface area contributed by atoms with Crippen molar-refractivity contribution in [3.8, 4) is 137 Å². The molecule has 7 aromatic carbocycles. The molecule has 0 aliphatic heterocycles. The first-order valence-corrected chi connectivity index (χ1v) is 16.6. The van der Waals surface area contributed by atoms with Crippen LogP contribution in [0.1, 0.15) is 0 Å². The first kappa shape index (κ1) is 38.3. The van der Waals surface area contributed by atoms with Gasteiger partial charge in [0, 0.05) is 5.69 Å². The molecule has 7 rings (SSSR count). The lowest BCUT2D eigenvalue weighted by molar-refractivity contribution is 0.329. The largest absolute Gasteiger partial charge is 0.504 e. The number of phenolic OH excluding ortho intramolecular Hbond substituents is 18. The van der Waals surface area contributed by atoms with Crippen molar-refractivity contribution >= 4 is 27.8 Å². The van der Waals surface area contributed by atoms with Gasteiger partial charge >= 0.3 is 0 Å². The Balaban J connectivity index is 1.55. The zero-order valence-electron chi connectivity index (χ0n) is 29.3. The Kier molecular flexibility index (Phi) is 8.65. The van der Waals surface area contributed by atoms with Crippen molar-refractivity contribution in [3.63, 3.8) is 0 Å². The molecule has 0 saturated heterocycles. The van der Waals surface area contributed by atoms with Gasteiger partial charge in [0.25, 0.3) is 0 Å². The average molecular weight is 812 g/mol. The minimum absolute atomic E-state index is 0.334. The van der Waals surface area contributed by atoms with Crippen molar-refractivity contribution in [2.75, 3.05) is 4.90 Å². The van der Waals surface area contributed by atoms with E-state index in [1.807, 2.05) is 24.3 Å². The lowest BCUT2D eigenvalue weighted by atomic mass is 9.95. The van der Waals surface area contributed by atoms with Crippen LogP contribution in [0.4, 0.5) is 17.1 Å². The summed E-state index contributed by atoms with van der Waals surface area (Å²) in [7, 11) is 0. The summed E-state index contributed by atoms with van der Waals surface area (Å²) < 4.78 is 0. The fraction of sp³-hybridized carbons (Fsp3) is 0. The van der Waals surface area contributed by atoms with Crippen LogP contribution in [0, 0.1) is 0 Å². The van der Waals surface area contributed by atoms with Gasteiger partial charge in [-0.1, -0.05) is 54.6 Å². The van der Waals surface area contributed by atoms with Gasteiger partial charge in [-0.05, 0) is 34.0 Å². The fourth-order valence-electron chi connectivity index (χ4n) is 6.75. The molecule has 19 nitrogen and oxygen atoms in total. The van der Waals surface area contributed by atoms with Crippen molar-refractivity contribution in [3.05, 3.63) is 66.7 Å². The van der Waals surface area contributed by atoms with Gasteiger partial charge in [-0.2, -0.15) is 0 Å². The quantitative estimate of drug-likeness (QED) is 0.0674. The molecule has 0 fully saturated rings. The van der Waals surface area contributed by atoms with Gasteiger partial charge in [0.1, 0.15) is 11.4 Å². The molecule has 19 heteroatoms. The maximum absolute atomic E-state index is 11.5. The van der Waals surface area contributed by atoms with Crippen molar-refractivity contribution in [1.29, 1.82) is 0 Å². The minimum Gasteiger partial charge on any atom is -0.504 e. The summed E-state index contributed by atoms with van der Waals surface area (Å²) in [6.45, 7) is 0. The van der Waals surface area contributed by atoms with E-state index in [2.05, 4.69) is 0 Å². The number of nitrogens with zero attached hydrogens (tertiary/aromatic N) is 1. The molecule has 302 valence electrons. The number of fused-ring (bicyclic) bond motifs is 1. The highest BCUT2D eigenvalue weighted by Gasteiger charge is 2.39. The molecule has 18 N–H and O–H groups in total. The smallest absolute Gasteiger partial charge is 0.208 e. The highest BCUT2D eigenvalue weighted by molar-refractivity contribution is 6.04. The van der Waals surface area contributed by atoms with E-state index < -0.39 is 137 Å². The predicted octanol–water partition coefficient (Wildman–Crippen LogP) is 6.01. The maximum atomic E-state index is 11.5. The van der Waals surface area contributed by atoms with Crippen LogP contribution >= 0.6 is 0 Å². The van der Waals surface area contributed by atoms with Crippen molar-refractivity contribution in [2.45, 2.75) is 0 Å². The van der Waals surface area contributed by atoms with Crippen LogP contribution in [0.25, 0.3) is 44.2 Å². The number of hydrogen-bond acceptors (Lipinski definition) is 19. The monoisotopic (exact) mass is 811 g/mol. The summed E-state index contributed by atoms with van der Waals surface area (Å²) in [6.07, 6.45) is 0. The molecule has 0 atom stereocenters. The van der Waals surface area contributed by atoms with Crippen molar-refractivity contribution < 1.29 is 91.9 Å². The average Bonchev–Trinajstić information content (AvgIpc) is 3.23. The topological polar surface area (TPSA) is 367 Å². The number of rotatable bonds is 6. The Morgan fingerprint density at radius 2 is 0.576 bits per heavy atom. The Morgan fingerprint density at radius 1 is 0.271 bits per heavy atom. The first-order chi connectivity index (χ1) is 27.8. The summed E-state index contributed by atoms with van der Waals surface area (Å²) >= 11 is 0.